The Labute approximate surface area is 167 Å². The van der Waals surface area contributed by atoms with Crippen LogP contribution in [0.2, 0.25) is 0 Å². The lowest BCUT2D eigenvalue weighted by Gasteiger charge is -2.13. The summed E-state index contributed by atoms with van der Waals surface area (Å²) in [6.45, 7) is 0.356. The number of benzene rings is 1. The Morgan fingerprint density at radius 1 is 1.32 bits per heavy atom. The van der Waals surface area contributed by atoms with Crippen LogP contribution in [-0.2, 0) is 13.1 Å². The number of aromatic nitrogens is 1. The summed E-state index contributed by atoms with van der Waals surface area (Å²) in [4.78, 5) is 10.9. The molecule has 0 radical (unpaired) electrons. The minimum absolute atomic E-state index is 0.0454. The second-order valence-electron chi connectivity index (χ2n) is 5.92. The van der Waals surface area contributed by atoms with Crippen LogP contribution >= 0.6 is 11.3 Å². The average molecular weight is 413 g/mol. The smallest absolute Gasteiger partial charge is 0.387 e. The van der Waals surface area contributed by atoms with Crippen molar-refractivity contribution in [2.24, 2.45) is 4.99 Å². The van der Waals surface area contributed by atoms with Crippen molar-refractivity contribution < 1.29 is 18.3 Å². The van der Waals surface area contributed by atoms with E-state index in [1.54, 1.807) is 23.5 Å². The number of ether oxygens (including phenoxy) is 2. The van der Waals surface area contributed by atoms with Crippen molar-refractivity contribution in [3.8, 4) is 11.5 Å². The van der Waals surface area contributed by atoms with E-state index >= 15 is 0 Å². The van der Waals surface area contributed by atoms with E-state index in [1.807, 2.05) is 31.3 Å². The van der Waals surface area contributed by atoms with Gasteiger partial charge in [-0.05, 0) is 19.1 Å². The Bertz CT molecular complexity index is 783. The van der Waals surface area contributed by atoms with Crippen molar-refractivity contribution in [2.45, 2.75) is 26.6 Å². The lowest BCUT2D eigenvalue weighted by Crippen LogP contribution is -2.36. The van der Waals surface area contributed by atoms with Gasteiger partial charge >= 0.3 is 6.61 Å². The van der Waals surface area contributed by atoms with Crippen molar-refractivity contribution in [1.29, 1.82) is 0 Å². The number of methoxy groups -OCH3 is 1. The molecule has 2 N–H and O–H groups in total. The molecule has 1 heterocycles. The van der Waals surface area contributed by atoms with Crippen LogP contribution in [0.5, 0.6) is 11.5 Å². The quantitative estimate of drug-likeness (QED) is 0.486. The van der Waals surface area contributed by atoms with Crippen molar-refractivity contribution >= 4 is 22.4 Å². The predicted octanol–water partition coefficient (Wildman–Crippen LogP) is 3.07. The number of hydrogen-bond acceptors (Lipinski definition) is 6. The number of anilines is 1. The van der Waals surface area contributed by atoms with Crippen molar-refractivity contribution in [3.05, 3.63) is 34.8 Å². The summed E-state index contributed by atoms with van der Waals surface area (Å²) >= 11 is 1.56. The van der Waals surface area contributed by atoms with Gasteiger partial charge in [-0.1, -0.05) is 0 Å². The third kappa shape index (κ3) is 6.52. The van der Waals surface area contributed by atoms with Gasteiger partial charge in [-0.2, -0.15) is 8.78 Å². The number of rotatable bonds is 9. The van der Waals surface area contributed by atoms with E-state index < -0.39 is 6.61 Å². The lowest BCUT2D eigenvalue weighted by molar-refractivity contribution is -0.0505. The number of hydrogen-bond donors (Lipinski definition) is 2. The van der Waals surface area contributed by atoms with E-state index in [2.05, 4.69) is 25.3 Å². The zero-order valence-corrected chi connectivity index (χ0v) is 17.1. The van der Waals surface area contributed by atoms with E-state index in [1.165, 1.54) is 13.2 Å². The molecule has 154 valence electrons. The molecular weight excluding hydrogens is 388 g/mol. The van der Waals surface area contributed by atoms with Gasteiger partial charge in [-0.25, -0.2) is 9.98 Å². The van der Waals surface area contributed by atoms with Crippen molar-refractivity contribution in [2.75, 3.05) is 32.6 Å². The molecule has 10 heteroatoms. The molecule has 28 heavy (non-hydrogen) atoms. The van der Waals surface area contributed by atoms with Crippen LogP contribution in [0.1, 0.15) is 18.2 Å². The van der Waals surface area contributed by atoms with E-state index in [-0.39, 0.29) is 12.3 Å². The molecule has 1 aromatic carbocycles. The van der Waals surface area contributed by atoms with Gasteiger partial charge in [0.05, 0.1) is 25.9 Å². The van der Waals surface area contributed by atoms with Crippen molar-refractivity contribution in [1.82, 2.24) is 15.6 Å². The highest BCUT2D eigenvalue weighted by atomic mass is 32.1. The first-order chi connectivity index (χ1) is 13.4. The third-order valence-electron chi connectivity index (χ3n) is 3.60. The minimum Gasteiger partial charge on any atom is -0.497 e. The number of halogens is 2. The van der Waals surface area contributed by atoms with Gasteiger partial charge in [-0.3, -0.25) is 0 Å². The summed E-state index contributed by atoms with van der Waals surface area (Å²) < 4.78 is 35.0. The monoisotopic (exact) mass is 413 g/mol. The standard InChI is InChI=1S/C18H25F2N5O2S/c1-5-21-17(23-10-13-11-28-18(24-13)25(2)3)22-9-12-6-7-14(26-4)8-15(12)27-16(19)20/h6-8,11,16H,5,9-10H2,1-4H3,(H2,21,22,23). The van der Waals surface area contributed by atoms with Gasteiger partial charge in [0.25, 0.3) is 0 Å². The van der Waals surface area contributed by atoms with Crippen LogP contribution in [0.15, 0.2) is 28.6 Å². The van der Waals surface area contributed by atoms with Gasteiger partial charge in [0.2, 0.25) is 0 Å². The van der Waals surface area contributed by atoms with E-state index in [0.29, 0.717) is 30.4 Å². The molecular formula is C18H25F2N5O2S. The van der Waals surface area contributed by atoms with Gasteiger partial charge in [0, 0.05) is 37.6 Å². The normalized spacial score (nSPS) is 11.5. The molecule has 7 nitrogen and oxygen atoms in total. The zero-order chi connectivity index (χ0) is 20.5. The SMILES string of the molecule is CCNC(=NCc1ccc(OC)cc1OC(F)F)NCc1csc(N(C)C)n1. The number of guanidine groups is 1. The molecule has 0 saturated heterocycles. The maximum atomic E-state index is 12.7. The average Bonchev–Trinajstić information content (AvgIpc) is 3.13. The van der Waals surface area contributed by atoms with Crippen LogP contribution in [0.25, 0.3) is 0 Å². The minimum atomic E-state index is -2.92. The summed E-state index contributed by atoms with van der Waals surface area (Å²) in [5, 5.41) is 9.22. The molecule has 0 spiro atoms. The highest BCUT2D eigenvalue weighted by Crippen LogP contribution is 2.27. The summed E-state index contributed by atoms with van der Waals surface area (Å²) in [5.41, 5.74) is 1.42. The molecule has 2 aromatic rings. The van der Waals surface area contributed by atoms with Gasteiger partial charge in [-0.15, -0.1) is 11.3 Å². The summed E-state index contributed by atoms with van der Waals surface area (Å²) in [5.74, 6) is 1.04. The van der Waals surface area contributed by atoms with E-state index in [4.69, 9.17) is 4.74 Å². The number of nitrogens with one attached hydrogen (secondary N) is 2. The van der Waals surface area contributed by atoms with Gasteiger partial charge in [0.15, 0.2) is 11.1 Å². The maximum absolute atomic E-state index is 12.7. The van der Waals surface area contributed by atoms with Crippen LogP contribution in [0, 0.1) is 0 Å². The summed E-state index contributed by atoms with van der Waals surface area (Å²) in [6.07, 6.45) is 0. The fourth-order valence-corrected chi connectivity index (χ4v) is 3.02. The van der Waals surface area contributed by atoms with Gasteiger partial charge < -0.3 is 25.0 Å². The summed E-state index contributed by atoms with van der Waals surface area (Å²) in [6, 6.07) is 4.77. The Morgan fingerprint density at radius 3 is 2.71 bits per heavy atom. The van der Waals surface area contributed by atoms with E-state index in [0.717, 1.165) is 10.8 Å². The largest absolute Gasteiger partial charge is 0.497 e. The molecule has 0 amide bonds. The molecule has 0 bridgehead atoms. The van der Waals surface area contributed by atoms with Crippen LogP contribution in [0.3, 0.4) is 0 Å². The first-order valence-corrected chi connectivity index (χ1v) is 9.56. The van der Waals surface area contributed by atoms with Crippen LogP contribution in [-0.4, -0.2) is 45.3 Å². The first-order valence-electron chi connectivity index (χ1n) is 8.68. The Balaban J connectivity index is 2.08. The fraction of sp³-hybridized carbons (Fsp3) is 0.444. The van der Waals surface area contributed by atoms with Gasteiger partial charge in [0.1, 0.15) is 11.5 Å². The molecule has 0 atom stereocenters. The second-order valence-corrected chi connectivity index (χ2v) is 6.75. The fourth-order valence-electron chi connectivity index (χ4n) is 2.26. The van der Waals surface area contributed by atoms with Crippen molar-refractivity contribution in [3.63, 3.8) is 0 Å². The summed E-state index contributed by atoms with van der Waals surface area (Å²) in [7, 11) is 5.34. The topological polar surface area (TPSA) is 71.0 Å². The molecule has 0 fully saturated rings. The Hall–Kier alpha value is -2.62. The molecule has 0 unspecified atom stereocenters. The maximum Gasteiger partial charge on any atom is 0.387 e. The Morgan fingerprint density at radius 2 is 2.11 bits per heavy atom. The number of aliphatic imine (C=N–C) groups is 1. The number of nitrogens with zero attached hydrogens (tertiary/aromatic N) is 3. The lowest BCUT2D eigenvalue weighted by atomic mass is 10.2. The van der Waals surface area contributed by atoms with E-state index in [9.17, 15) is 8.78 Å². The molecule has 0 aliphatic heterocycles. The molecule has 0 aliphatic rings. The highest BCUT2D eigenvalue weighted by molar-refractivity contribution is 7.13. The van der Waals surface area contributed by atoms with Crippen LogP contribution in [0.4, 0.5) is 13.9 Å². The predicted molar refractivity (Wildman–Crippen MR) is 108 cm³/mol. The molecule has 2 rings (SSSR count). The number of alkyl halides is 2. The molecule has 0 aliphatic carbocycles. The third-order valence-corrected chi connectivity index (χ3v) is 4.66. The zero-order valence-electron chi connectivity index (χ0n) is 16.3. The van der Waals surface area contributed by atoms with Crippen LogP contribution < -0.4 is 25.0 Å². The highest BCUT2D eigenvalue weighted by Gasteiger charge is 2.12. The number of thiazole rings is 1. The second kappa shape index (κ2) is 10.6. The Kier molecular flexibility index (Phi) is 8.24. The first kappa shape index (κ1) is 21.7. The molecule has 0 saturated carbocycles. The molecule has 1 aromatic heterocycles.